The topological polar surface area (TPSA) is 21.3 Å². The van der Waals surface area contributed by atoms with Crippen molar-refractivity contribution in [1.29, 1.82) is 0 Å². The Labute approximate surface area is 137 Å². The molecule has 2 nitrogen and oxygen atoms in total. The fourth-order valence-electron chi connectivity index (χ4n) is 2.78. The lowest BCUT2D eigenvalue weighted by molar-refractivity contribution is -0.137. The molecule has 1 aliphatic heterocycles. The second-order valence-corrected chi connectivity index (χ2v) is 5.80. The minimum Gasteiger partial charge on any atom is -0.372 e. The molecule has 0 aromatic heterocycles. The van der Waals surface area contributed by atoms with E-state index in [1.54, 1.807) is 6.07 Å². The van der Waals surface area contributed by atoms with E-state index in [0.29, 0.717) is 16.7 Å². The van der Waals surface area contributed by atoms with Crippen LogP contribution in [0.3, 0.4) is 0 Å². The summed E-state index contributed by atoms with van der Waals surface area (Å²) in [6, 6.07) is 9.11. The molecule has 2 aromatic rings. The fourth-order valence-corrected chi connectivity index (χ4v) is 2.78. The molecule has 3 rings (SSSR count). The van der Waals surface area contributed by atoms with Gasteiger partial charge < -0.3 is 10.1 Å². The Morgan fingerprint density at radius 2 is 1.83 bits per heavy atom. The first-order chi connectivity index (χ1) is 11.4. The van der Waals surface area contributed by atoms with Crippen LogP contribution in [0.4, 0.5) is 17.6 Å². The Morgan fingerprint density at radius 1 is 1.08 bits per heavy atom. The SMILES string of the molecule is Fc1ccc(-c2ccc(C(F)(F)F)cc2)c(COC2CCNC2)c1. The molecule has 2 aromatic carbocycles. The molecule has 1 heterocycles. The molecule has 1 unspecified atom stereocenters. The molecule has 6 heteroatoms. The summed E-state index contributed by atoms with van der Waals surface area (Å²) in [6.07, 6.45) is -3.40. The number of rotatable bonds is 4. The lowest BCUT2D eigenvalue weighted by Gasteiger charge is -2.15. The molecule has 0 amide bonds. The summed E-state index contributed by atoms with van der Waals surface area (Å²) in [5, 5.41) is 3.18. The van der Waals surface area contributed by atoms with E-state index in [-0.39, 0.29) is 12.7 Å². The van der Waals surface area contributed by atoms with Gasteiger partial charge in [0.25, 0.3) is 0 Å². The van der Waals surface area contributed by atoms with Gasteiger partial charge in [-0.05, 0) is 53.9 Å². The van der Waals surface area contributed by atoms with Crippen molar-refractivity contribution in [2.45, 2.75) is 25.3 Å². The number of hydrogen-bond donors (Lipinski definition) is 1. The predicted octanol–water partition coefficient (Wildman–Crippen LogP) is 4.39. The third-order valence-corrected chi connectivity index (χ3v) is 4.08. The number of nitrogens with one attached hydrogen (secondary N) is 1. The van der Waals surface area contributed by atoms with Gasteiger partial charge in [-0.1, -0.05) is 18.2 Å². The number of halogens is 4. The zero-order valence-electron chi connectivity index (χ0n) is 12.9. The van der Waals surface area contributed by atoms with E-state index in [1.807, 2.05) is 0 Å². The van der Waals surface area contributed by atoms with Gasteiger partial charge in [0.15, 0.2) is 0 Å². The zero-order valence-corrected chi connectivity index (χ0v) is 12.9. The van der Waals surface area contributed by atoms with Crippen molar-refractivity contribution in [3.63, 3.8) is 0 Å². The highest BCUT2D eigenvalue weighted by molar-refractivity contribution is 5.67. The molecular formula is C18H17F4NO. The van der Waals surface area contributed by atoms with Crippen molar-refractivity contribution in [2.24, 2.45) is 0 Å². The molecule has 1 atom stereocenters. The van der Waals surface area contributed by atoms with Gasteiger partial charge >= 0.3 is 6.18 Å². The van der Waals surface area contributed by atoms with Gasteiger partial charge in [0.2, 0.25) is 0 Å². The molecule has 0 radical (unpaired) electrons. The summed E-state index contributed by atoms with van der Waals surface area (Å²) in [4.78, 5) is 0. The van der Waals surface area contributed by atoms with Crippen LogP contribution in [-0.4, -0.2) is 19.2 Å². The highest BCUT2D eigenvalue weighted by Gasteiger charge is 2.30. The smallest absolute Gasteiger partial charge is 0.372 e. The molecule has 0 aliphatic carbocycles. The van der Waals surface area contributed by atoms with Gasteiger partial charge in [-0.15, -0.1) is 0 Å². The van der Waals surface area contributed by atoms with Crippen LogP contribution in [0.1, 0.15) is 17.5 Å². The lowest BCUT2D eigenvalue weighted by Crippen LogP contribution is -2.16. The minimum absolute atomic E-state index is 0.0775. The summed E-state index contributed by atoms with van der Waals surface area (Å²) in [6.45, 7) is 1.87. The fraction of sp³-hybridized carbons (Fsp3) is 0.333. The Bertz CT molecular complexity index is 691. The van der Waals surface area contributed by atoms with E-state index < -0.39 is 17.6 Å². The van der Waals surface area contributed by atoms with Gasteiger partial charge in [0.05, 0.1) is 18.3 Å². The summed E-state index contributed by atoms with van der Waals surface area (Å²) in [5.74, 6) is -0.395. The average Bonchev–Trinajstić information content (AvgIpc) is 3.06. The van der Waals surface area contributed by atoms with Gasteiger partial charge in [0, 0.05) is 6.54 Å². The summed E-state index contributed by atoms with van der Waals surface area (Å²) >= 11 is 0. The van der Waals surface area contributed by atoms with Crippen LogP contribution in [0.2, 0.25) is 0 Å². The van der Waals surface area contributed by atoms with Crippen molar-refractivity contribution in [1.82, 2.24) is 5.32 Å². The van der Waals surface area contributed by atoms with E-state index in [9.17, 15) is 17.6 Å². The Hall–Kier alpha value is -1.92. The molecular weight excluding hydrogens is 322 g/mol. The van der Waals surface area contributed by atoms with Gasteiger partial charge in [-0.25, -0.2) is 4.39 Å². The lowest BCUT2D eigenvalue weighted by atomic mass is 9.98. The van der Waals surface area contributed by atoms with Crippen molar-refractivity contribution in [2.75, 3.05) is 13.1 Å². The second kappa shape index (κ2) is 6.91. The van der Waals surface area contributed by atoms with Gasteiger partial charge in [-0.3, -0.25) is 0 Å². The molecule has 1 N–H and O–H groups in total. The van der Waals surface area contributed by atoms with Crippen molar-refractivity contribution in [3.8, 4) is 11.1 Å². The van der Waals surface area contributed by atoms with Crippen LogP contribution in [-0.2, 0) is 17.5 Å². The van der Waals surface area contributed by atoms with Crippen LogP contribution in [0.15, 0.2) is 42.5 Å². The molecule has 0 spiro atoms. The van der Waals surface area contributed by atoms with Crippen LogP contribution >= 0.6 is 0 Å². The Kier molecular flexibility index (Phi) is 4.87. The normalized spacial score (nSPS) is 18.1. The molecule has 24 heavy (non-hydrogen) atoms. The number of ether oxygens (including phenoxy) is 1. The summed E-state index contributed by atoms with van der Waals surface area (Å²) in [5.41, 5.74) is 1.20. The summed E-state index contributed by atoms with van der Waals surface area (Å²) < 4.78 is 57.4. The third kappa shape index (κ3) is 3.94. The molecule has 1 fully saturated rings. The molecule has 1 saturated heterocycles. The average molecular weight is 339 g/mol. The van der Waals surface area contributed by atoms with Gasteiger partial charge in [-0.2, -0.15) is 13.2 Å². The van der Waals surface area contributed by atoms with E-state index in [1.165, 1.54) is 24.3 Å². The van der Waals surface area contributed by atoms with Crippen molar-refractivity contribution in [3.05, 3.63) is 59.4 Å². The standard InChI is InChI=1S/C18H17F4NO/c19-15-5-6-17(12-1-3-14(4-2-12)18(20,21)22)13(9-15)11-24-16-7-8-23-10-16/h1-6,9,16,23H,7-8,10-11H2. The largest absolute Gasteiger partial charge is 0.416 e. The van der Waals surface area contributed by atoms with Crippen molar-refractivity contribution >= 4 is 0 Å². The van der Waals surface area contributed by atoms with E-state index in [0.717, 1.165) is 31.6 Å². The molecule has 0 saturated carbocycles. The number of benzene rings is 2. The van der Waals surface area contributed by atoms with Crippen LogP contribution < -0.4 is 5.32 Å². The quantitative estimate of drug-likeness (QED) is 0.834. The maximum absolute atomic E-state index is 13.6. The van der Waals surface area contributed by atoms with E-state index in [2.05, 4.69) is 5.32 Å². The summed E-state index contributed by atoms with van der Waals surface area (Å²) in [7, 11) is 0. The third-order valence-electron chi connectivity index (χ3n) is 4.08. The van der Waals surface area contributed by atoms with Crippen LogP contribution in [0.5, 0.6) is 0 Å². The molecule has 0 bridgehead atoms. The highest BCUT2D eigenvalue weighted by Crippen LogP contribution is 2.32. The van der Waals surface area contributed by atoms with Crippen molar-refractivity contribution < 1.29 is 22.3 Å². The van der Waals surface area contributed by atoms with Crippen LogP contribution in [0.25, 0.3) is 11.1 Å². The van der Waals surface area contributed by atoms with E-state index in [4.69, 9.17) is 4.74 Å². The maximum Gasteiger partial charge on any atom is 0.416 e. The Balaban J connectivity index is 1.83. The van der Waals surface area contributed by atoms with Gasteiger partial charge in [0.1, 0.15) is 5.82 Å². The van der Waals surface area contributed by atoms with E-state index >= 15 is 0 Å². The molecule has 1 aliphatic rings. The van der Waals surface area contributed by atoms with Crippen LogP contribution in [0, 0.1) is 5.82 Å². The first-order valence-corrected chi connectivity index (χ1v) is 7.72. The predicted molar refractivity (Wildman–Crippen MR) is 82.9 cm³/mol. The maximum atomic E-state index is 13.6. The first kappa shape index (κ1) is 16.9. The number of alkyl halides is 3. The molecule has 128 valence electrons. The Morgan fingerprint density at radius 3 is 2.46 bits per heavy atom. The monoisotopic (exact) mass is 339 g/mol. The second-order valence-electron chi connectivity index (χ2n) is 5.80. The minimum atomic E-state index is -4.37. The first-order valence-electron chi connectivity index (χ1n) is 7.72. The highest BCUT2D eigenvalue weighted by atomic mass is 19.4. The number of hydrogen-bond acceptors (Lipinski definition) is 2. The zero-order chi connectivity index (χ0) is 17.2.